The molecule has 0 spiro atoms. The maximum absolute atomic E-state index is 11.1. The van der Waals surface area contributed by atoms with Crippen molar-refractivity contribution in [2.45, 2.75) is 11.7 Å². The Labute approximate surface area is 120 Å². The summed E-state index contributed by atoms with van der Waals surface area (Å²) < 4.78 is 34.3. The zero-order valence-electron chi connectivity index (χ0n) is 9.08. The fourth-order valence-electron chi connectivity index (χ4n) is 0.765. The van der Waals surface area contributed by atoms with Gasteiger partial charge in [-0.15, -0.1) is 0 Å². The van der Waals surface area contributed by atoms with Crippen molar-refractivity contribution in [2.24, 2.45) is 5.84 Å². The molecular formula is C6H11N2NaO7S. The van der Waals surface area contributed by atoms with Gasteiger partial charge < -0.3 is 14.6 Å². The van der Waals surface area contributed by atoms with Gasteiger partial charge in [-0.05, 0) is 0 Å². The number of carbonyl (C=O) groups excluding carboxylic acids is 2. The van der Waals surface area contributed by atoms with Gasteiger partial charge in [0.25, 0.3) is 10.1 Å². The molecule has 0 saturated carbocycles. The zero-order chi connectivity index (χ0) is 12.8. The second-order valence-corrected chi connectivity index (χ2v) is 4.30. The number of carboxylic acids is 1. The molecule has 1 atom stereocenters. The molecule has 0 aliphatic carbocycles. The molecule has 0 saturated heterocycles. The second kappa shape index (κ2) is 8.80. The summed E-state index contributed by atoms with van der Waals surface area (Å²) >= 11 is 0. The summed E-state index contributed by atoms with van der Waals surface area (Å²) in [4.78, 5) is 21.2. The van der Waals surface area contributed by atoms with Gasteiger partial charge in [0.15, 0.2) is 5.25 Å². The molecule has 17 heavy (non-hydrogen) atoms. The fraction of sp³-hybridized carbons (Fsp3) is 0.667. The second-order valence-electron chi connectivity index (χ2n) is 2.70. The molecule has 0 rings (SSSR count). The summed E-state index contributed by atoms with van der Waals surface area (Å²) in [5.74, 6) is 1.68. The van der Waals surface area contributed by atoms with Crippen molar-refractivity contribution in [3.05, 3.63) is 0 Å². The number of aliphatic carboxylic acids is 1. The first-order valence-electron chi connectivity index (χ1n) is 4.05. The topological polar surface area (TPSA) is 159 Å². The Hall–Kier alpha value is -0.230. The average Bonchev–Trinajstić information content (AvgIpc) is 2.12. The zero-order valence-corrected chi connectivity index (χ0v) is 11.9. The molecule has 94 valence electrons. The van der Waals surface area contributed by atoms with Crippen LogP contribution in [0.5, 0.6) is 0 Å². The Morgan fingerprint density at radius 1 is 1.47 bits per heavy atom. The number of hydrogen-bond acceptors (Lipinski definition) is 8. The fourth-order valence-corrected chi connectivity index (χ4v) is 1.42. The molecule has 0 aromatic carbocycles. The van der Waals surface area contributed by atoms with Gasteiger partial charge in [-0.1, -0.05) is 0 Å². The van der Waals surface area contributed by atoms with Crippen LogP contribution in [-0.4, -0.2) is 43.3 Å². The van der Waals surface area contributed by atoms with Gasteiger partial charge >= 0.3 is 35.5 Å². The van der Waals surface area contributed by atoms with Crippen LogP contribution in [0.15, 0.2) is 0 Å². The van der Waals surface area contributed by atoms with Gasteiger partial charge in [0.1, 0.15) is 6.61 Å². The van der Waals surface area contributed by atoms with Crippen LogP contribution in [0.25, 0.3) is 0 Å². The van der Waals surface area contributed by atoms with Crippen molar-refractivity contribution in [1.82, 2.24) is 5.43 Å². The van der Waals surface area contributed by atoms with Crippen LogP contribution < -0.4 is 45.9 Å². The quantitative estimate of drug-likeness (QED) is 0.103. The van der Waals surface area contributed by atoms with Crippen LogP contribution >= 0.6 is 0 Å². The molecule has 0 radical (unpaired) electrons. The molecular weight excluding hydrogens is 267 g/mol. The van der Waals surface area contributed by atoms with Gasteiger partial charge in [-0.3, -0.25) is 20.6 Å². The molecule has 9 nitrogen and oxygen atoms in total. The molecule has 0 bridgehead atoms. The number of carboxylic acid groups (broad SMARTS) is 1. The molecule has 0 heterocycles. The predicted molar refractivity (Wildman–Crippen MR) is 48.1 cm³/mol. The van der Waals surface area contributed by atoms with Crippen molar-refractivity contribution in [3.8, 4) is 0 Å². The number of carbonyl (C=O) groups is 2. The largest absolute Gasteiger partial charge is 1.00 e. The monoisotopic (exact) mass is 278 g/mol. The minimum atomic E-state index is -4.84. The van der Waals surface area contributed by atoms with Crippen molar-refractivity contribution in [1.29, 1.82) is 0 Å². The molecule has 0 aromatic rings. The van der Waals surface area contributed by atoms with E-state index >= 15 is 0 Å². The van der Waals surface area contributed by atoms with Crippen LogP contribution in [-0.2, 0) is 24.4 Å². The Morgan fingerprint density at radius 2 is 2.00 bits per heavy atom. The minimum absolute atomic E-state index is 0. The Kier molecular flexibility index (Phi) is 9.90. The molecule has 0 aliphatic heterocycles. The smallest absolute Gasteiger partial charge is 0.550 e. The third-order valence-corrected chi connectivity index (χ3v) is 2.54. The number of esters is 1. The van der Waals surface area contributed by atoms with Crippen LogP contribution in [0.2, 0.25) is 0 Å². The standard InChI is InChI=1S/C6H12N2O7S.Na/c7-8-1-2-15-6(11)4(3-5(9)10)16(12,13)14;/h4,8H,1-3,7H2,(H,9,10)(H,12,13,14);/q;+1/p-1. The summed E-state index contributed by atoms with van der Waals surface area (Å²) in [6.07, 6.45) is -1.17. The van der Waals surface area contributed by atoms with E-state index in [1.54, 1.807) is 0 Å². The van der Waals surface area contributed by atoms with E-state index in [-0.39, 0.29) is 42.7 Å². The van der Waals surface area contributed by atoms with Crippen molar-refractivity contribution < 1.29 is 62.0 Å². The van der Waals surface area contributed by atoms with E-state index in [0.29, 0.717) is 0 Å². The number of nitrogens with one attached hydrogen (secondary N) is 1. The van der Waals surface area contributed by atoms with E-state index in [2.05, 4.69) is 10.2 Å². The van der Waals surface area contributed by atoms with Crippen LogP contribution in [0.1, 0.15) is 6.42 Å². The first-order valence-corrected chi connectivity index (χ1v) is 5.55. The Balaban J connectivity index is 0. The number of ether oxygens (including phenoxy) is 1. The minimum Gasteiger partial charge on any atom is -0.550 e. The molecule has 11 heteroatoms. The first kappa shape index (κ1) is 19.1. The number of hydrogen-bond donors (Lipinski definition) is 3. The third-order valence-electron chi connectivity index (χ3n) is 1.47. The van der Waals surface area contributed by atoms with Crippen LogP contribution in [0, 0.1) is 0 Å². The van der Waals surface area contributed by atoms with E-state index in [0.717, 1.165) is 0 Å². The molecule has 1 unspecified atom stereocenters. The van der Waals surface area contributed by atoms with E-state index in [1.165, 1.54) is 0 Å². The molecule has 4 N–H and O–H groups in total. The van der Waals surface area contributed by atoms with E-state index in [9.17, 15) is 23.1 Å². The van der Waals surface area contributed by atoms with Crippen molar-refractivity contribution in [3.63, 3.8) is 0 Å². The van der Waals surface area contributed by atoms with Crippen molar-refractivity contribution >= 4 is 22.1 Å². The Morgan fingerprint density at radius 3 is 2.35 bits per heavy atom. The Bertz CT molecular complexity index is 357. The van der Waals surface area contributed by atoms with Crippen LogP contribution in [0.4, 0.5) is 0 Å². The van der Waals surface area contributed by atoms with Crippen molar-refractivity contribution in [2.75, 3.05) is 13.2 Å². The van der Waals surface area contributed by atoms with E-state index in [1.807, 2.05) is 0 Å². The molecule has 0 fully saturated rings. The molecule has 0 aliphatic rings. The summed E-state index contributed by atoms with van der Waals surface area (Å²) in [6.45, 7) is -0.205. The number of nitrogens with two attached hydrogens (primary N) is 1. The SMILES string of the molecule is NNCCOC(=O)C(CC(=O)[O-])S(=O)(=O)O.[Na+]. The maximum Gasteiger partial charge on any atom is 1.00 e. The van der Waals surface area contributed by atoms with Gasteiger partial charge in [0, 0.05) is 18.9 Å². The first-order chi connectivity index (χ1) is 7.29. The van der Waals surface area contributed by atoms with Gasteiger partial charge in [-0.25, -0.2) is 0 Å². The summed E-state index contributed by atoms with van der Waals surface area (Å²) in [7, 11) is -4.84. The molecule has 0 amide bonds. The summed E-state index contributed by atoms with van der Waals surface area (Å²) in [5, 5.41) is 7.98. The maximum atomic E-state index is 11.1. The summed E-state index contributed by atoms with van der Waals surface area (Å²) in [6, 6.07) is 0. The molecule has 0 aromatic heterocycles. The number of hydrazine groups is 1. The summed E-state index contributed by atoms with van der Waals surface area (Å²) in [5.41, 5.74) is 2.12. The number of rotatable bonds is 7. The predicted octanol–water partition coefficient (Wildman–Crippen LogP) is -6.61. The van der Waals surface area contributed by atoms with Gasteiger partial charge in [0.2, 0.25) is 0 Å². The normalized spacial score (nSPS) is 12.4. The van der Waals surface area contributed by atoms with Gasteiger partial charge in [0.05, 0.1) is 0 Å². The van der Waals surface area contributed by atoms with Gasteiger partial charge in [-0.2, -0.15) is 8.42 Å². The third kappa shape index (κ3) is 8.49. The van der Waals surface area contributed by atoms with Crippen LogP contribution in [0.3, 0.4) is 0 Å². The van der Waals surface area contributed by atoms with E-state index < -0.39 is 33.7 Å². The van der Waals surface area contributed by atoms with E-state index in [4.69, 9.17) is 10.4 Å². The average molecular weight is 278 g/mol.